The highest BCUT2D eigenvalue weighted by Gasteiger charge is 1.93. The van der Waals surface area contributed by atoms with E-state index in [2.05, 4.69) is 11.1 Å². The van der Waals surface area contributed by atoms with Crippen LogP contribution >= 0.6 is 0 Å². The lowest BCUT2D eigenvalue weighted by atomic mass is 10.1. The van der Waals surface area contributed by atoms with Crippen molar-refractivity contribution in [3.63, 3.8) is 0 Å². The van der Waals surface area contributed by atoms with Gasteiger partial charge < -0.3 is 0 Å². The van der Waals surface area contributed by atoms with Gasteiger partial charge in [-0.3, -0.25) is 4.98 Å². The van der Waals surface area contributed by atoms with Crippen molar-refractivity contribution in [3.05, 3.63) is 54.7 Å². The topological polar surface area (TPSA) is 12.9 Å². The molecule has 57 valence electrons. The van der Waals surface area contributed by atoms with Crippen molar-refractivity contribution in [3.8, 4) is 11.3 Å². The molecule has 1 heteroatoms. The molecule has 1 aromatic carbocycles. The van der Waals surface area contributed by atoms with Crippen LogP contribution in [0.4, 0.5) is 0 Å². The zero-order chi connectivity index (χ0) is 8.23. The molecule has 2 rings (SSSR count). The smallest absolute Gasteiger partial charge is 0.0701 e. The van der Waals surface area contributed by atoms with Gasteiger partial charge in [0.2, 0.25) is 0 Å². The lowest BCUT2D eigenvalue weighted by Crippen LogP contribution is -1.79. The van der Waals surface area contributed by atoms with E-state index < -0.39 is 0 Å². The van der Waals surface area contributed by atoms with Gasteiger partial charge in [0.15, 0.2) is 0 Å². The van der Waals surface area contributed by atoms with E-state index in [1.165, 1.54) is 0 Å². The number of nitrogens with zero attached hydrogens (tertiary/aromatic N) is 1. The van der Waals surface area contributed by atoms with Gasteiger partial charge in [-0.15, -0.1) is 0 Å². The maximum atomic E-state index is 4.24. The van der Waals surface area contributed by atoms with Crippen LogP contribution in [0.5, 0.6) is 0 Å². The average molecular weight is 154 g/mol. The van der Waals surface area contributed by atoms with Crippen molar-refractivity contribution in [2.75, 3.05) is 0 Å². The zero-order valence-electron chi connectivity index (χ0n) is 6.57. The molecule has 0 saturated carbocycles. The summed E-state index contributed by atoms with van der Waals surface area (Å²) in [5.74, 6) is 0. The number of rotatable bonds is 1. The van der Waals surface area contributed by atoms with E-state index in [0.29, 0.717) is 0 Å². The molecule has 0 bridgehead atoms. The number of hydrogen-bond acceptors (Lipinski definition) is 1. The lowest BCUT2D eigenvalue weighted by Gasteiger charge is -1.97. The fourth-order valence-electron chi connectivity index (χ4n) is 1.09. The summed E-state index contributed by atoms with van der Waals surface area (Å²) in [4.78, 5) is 4.24. The van der Waals surface area contributed by atoms with Crippen LogP contribution in [-0.2, 0) is 0 Å². The van der Waals surface area contributed by atoms with Gasteiger partial charge in [0, 0.05) is 11.8 Å². The molecular weight excluding hydrogens is 146 g/mol. The second-order valence-corrected chi connectivity index (χ2v) is 2.50. The van der Waals surface area contributed by atoms with E-state index in [4.69, 9.17) is 0 Å². The molecule has 0 unspecified atom stereocenters. The molecular formula is C11H8N. The summed E-state index contributed by atoms with van der Waals surface area (Å²) < 4.78 is 0. The Balaban J connectivity index is 2.46. The normalized spacial score (nSPS) is 9.67. The van der Waals surface area contributed by atoms with Crippen LogP contribution in [0, 0.1) is 6.07 Å². The first-order valence-electron chi connectivity index (χ1n) is 3.84. The van der Waals surface area contributed by atoms with Crippen LogP contribution in [0.3, 0.4) is 0 Å². The third-order valence-corrected chi connectivity index (χ3v) is 1.68. The molecule has 1 nitrogen and oxygen atoms in total. The number of pyridine rings is 1. The second-order valence-electron chi connectivity index (χ2n) is 2.50. The molecule has 1 heterocycles. The average Bonchev–Trinajstić information content (AvgIpc) is 2.21. The van der Waals surface area contributed by atoms with Crippen LogP contribution in [0.25, 0.3) is 11.3 Å². The quantitative estimate of drug-likeness (QED) is 0.615. The molecule has 1 radical (unpaired) electrons. The highest BCUT2D eigenvalue weighted by Crippen LogP contribution is 2.13. The lowest BCUT2D eigenvalue weighted by molar-refractivity contribution is 1.33. The first-order chi connectivity index (χ1) is 5.97. The summed E-state index contributed by atoms with van der Waals surface area (Å²) in [5.41, 5.74) is 2.14. The van der Waals surface area contributed by atoms with Gasteiger partial charge in [0.05, 0.1) is 5.69 Å². The van der Waals surface area contributed by atoms with Crippen molar-refractivity contribution >= 4 is 0 Å². The van der Waals surface area contributed by atoms with Crippen molar-refractivity contribution in [2.45, 2.75) is 0 Å². The Morgan fingerprint density at radius 2 is 1.83 bits per heavy atom. The first-order valence-corrected chi connectivity index (χ1v) is 3.84. The molecule has 0 N–H and O–H groups in total. The molecule has 0 aliphatic rings. The molecule has 12 heavy (non-hydrogen) atoms. The van der Waals surface area contributed by atoms with Crippen molar-refractivity contribution in [1.29, 1.82) is 0 Å². The molecule has 0 aliphatic carbocycles. The van der Waals surface area contributed by atoms with Gasteiger partial charge in [-0.25, -0.2) is 0 Å². The maximum absolute atomic E-state index is 4.24. The van der Waals surface area contributed by atoms with E-state index in [0.717, 1.165) is 11.3 Å². The Kier molecular flexibility index (Phi) is 1.87. The van der Waals surface area contributed by atoms with Crippen molar-refractivity contribution < 1.29 is 0 Å². The summed E-state index contributed by atoms with van der Waals surface area (Å²) in [6, 6.07) is 16.7. The summed E-state index contributed by atoms with van der Waals surface area (Å²) in [6.07, 6.45) is 1.80. The van der Waals surface area contributed by atoms with Gasteiger partial charge >= 0.3 is 0 Å². The largest absolute Gasteiger partial charge is 0.256 e. The minimum Gasteiger partial charge on any atom is -0.256 e. The Labute approximate surface area is 71.7 Å². The van der Waals surface area contributed by atoms with Crippen molar-refractivity contribution in [1.82, 2.24) is 4.98 Å². The highest BCUT2D eigenvalue weighted by atomic mass is 14.7. The monoisotopic (exact) mass is 154 g/mol. The van der Waals surface area contributed by atoms with E-state index in [1.54, 1.807) is 6.20 Å². The van der Waals surface area contributed by atoms with Gasteiger partial charge in [0.1, 0.15) is 0 Å². The van der Waals surface area contributed by atoms with Crippen LogP contribution in [-0.4, -0.2) is 4.98 Å². The number of benzene rings is 1. The van der Waals surface area contributed by atoms with E-state index in [-0.39, 0.29) is 0 Å². The predicted molar refractivity (Wildman–Crippen MR) is 48.5 cm³/mol. The van der Waals surface area contributed by atoms with E-state index in [9.17, 15) is 0 Å². The Morgan fingerprint density at radius 1 is 1.00 bits per heavy atom. The minimum atomic E-state index is 1.01. The van der Waals surface area contributed by atoms with Crippen LogP contribution in [0.1, 0.15) is 0 Å². The third-order valence-electron chi connectivity index (χ3n) is 1.68. The Morgan fingerprint density at radius 3 is 2.50 bits per heavy atom. The Bertz CT molecular complexity index is 302. The van der Waals surface area contributed by atoms with Gasteiger partial charge in [-0.1, -0.05) is 30.3 Å². The Hall–Kier alpha value is -1.63. The van der Waals surface area contributed by atoms with E-state index >= 15 is 0 Å². The molecule has 0 amide bonds. The molecule has 0 fully saturated rings. The fraction of sp³-hybridized carbons (Fsp3) is 0. The summed E-state index contributed by atoms with van der Waals surface area (Å²) in [5, 5.41) is 0. The maximum Gasteiger partial charge on any atom is 0.0701 e. The summed E-state index contributed by atoms with van der Waals surface area (Å²) in [6.45, 7) is 0. The van der Waals surface area contributed by atoms with Crippen LogP contribution in [0.2, 0.25) is 0 Å². The summed E-state index contributed by atoms with van der Waals surface area (Å²) >= 11 is 0. The number of hydrogen-bond donors (Lipinski definition) is 0. The van der Waals surface area contributed by atoms with Gasteiger partial charge in [0.25, 0.3) is 0 Å². The molecule has 0 aliphatic heterocycles. The SMILES string of the molecule is [c]1ccc(-c2ccccn2)cc1. The van der Waals surface area contributed by atoms with Gasteiger partial charge in [-0.2, -0.15) is 0 Å². The standard InChI is InChI=1S/C11H8N/c1-2-6-10(7-3-1)11-8-4-5-9-12-11/h2-9H. The molecule has 0 saturated heterocycles. The molecule has 0 atom stereocenters. The highest BCUT2D eigenvalue weighted by molar-refractivity contribution is 5.57. The zero-order valence-corrected chi connectivity index (χ0v) is 6.57. The first kappa shape index (κ1) is 7.04. The van der Waals surface area contributed by atoms with Crippen molar-refractivity contribution in [2.24, 2.45) is 0 Å². The minimum absolute atomic E-state index is 1.01. The number of aromatic nitrogens is 1. The molecule has 2 aromatic rings. The predicted octanol–water partition coefficient (Wildman–Crippen LogP) is 2.55. The van der Waals surface area contributed by atoms with Crippen LogP contribution in [0.15, 0.2) is 48.7 Å². The second kappa shape index (κ2) is 3.18. The summed E-state index contributed by atoms with van der Waals surface area (Å²) in [7, 11) is 0. The van der Waals surface area contributed by atoms with Crippen LogP contribution < -0.4 is 0 Å². The molecule has 0 spiro atoms. The molecule has 1 aromatic heterocycles. The third kappa shape index (κ3) is 1.35. The van der Waals surface area contributed by atoms with Gasteiger partial charge in [-0.05, 0) is 18.2 Å². The fourth-order valence-corrected chi connectivity index (χ4v) is 1.09. The van der Waals surface area contributed by atoms with E-state index in [1.807, 2.05) is 42.5 Å².